The van der Waals surface area contributed by atoms with Crippen molar-refractivity contribution in [3.05, 3.63) is 22.4 Å². The van der Waals surface area contributed by atoms with Crippen LogP contribution in [0.15, 0.2) is 16.8 Å². The van der Waals surface area contributed by atoms with Gasteiger partial charge in [0.1, 0.15) is 0 Å². The molecular weight excluding hydrogens is 166 g/mol. The first-order chi connectivity index (χ1) is 5.68. The Balaban J connectivity index is 2.32. The van der Waals surface area contributed by atoms with Crippen LogP contribution in [0.5, 0.6) is 0 Å². The largest absolute Gasteiger partial charge is 0.327 e. The topological polar surface area (TPSA) is 26.0 Å². The summed E-state index contributed by atoms with van der Waals surface area (Å²) < 4.78 is 0. The Labute approximate surface area is 78.6 Å². The maximum absolute atomic E-state index is 5.97. The Hall–Kier alpha value is -0.340. The van der Waals surface area contributed by atoms with Gasteiger partial charge in [-0.1, -0.05) is 13.8 Å². The van der Waals surface area contributed by atoms with Gasteiger partial charge in [0.05, 0.1) is 0 Å². The number of rotatable bonds is 4. The molecule has 0 aliphatic carbocycles. The minimum absolute atomic E-state index is 0.333. The summed E-state index contributed by atoms with van der Waals surface area (Å²) in [5.74, 6) is 0.707. The Morgan fingerprint density at radius 3 is 2.75 bits per heavy atom. The maximum Gasteiger partial charge on any atom is 0.00820 e. The van der Waals surface area contributed by atoms with Crippen molar-refractivity contribution in [2.24, 2.45) is 11.7 Å². The minimum atomic E-state index is 0.333. The summed E-state index contributed by atoms with van der Waals surface area (Å²) in [6.45, 7) is 4.43. The van der Waals surface area contributed by atoms with Gasteiger partial charge in [0.25, 0.3) is 0 Å². The van der Waals surface area contributed by atoms with Gasteiger partial charge in [0, 0.05) is 6.04 Å². The Bertz CT molecular complexity index is 204. The molecule has 0 spiro atoms. The second-order valence-electron chi connectivity index (χ2n) is 3.73. The van der Waals surface area contributed by atoms with Gasteiger partial charge in [-0.25, -0.2) is 0 Å². The lowest BCUT2D eigenvalue weighted by Gasteiger charge is -2.12. The van der Waals surface area contributed by atoms with Gasteiger partial charge < -0.3 is 5.73 Å². The van der Waals surface area contributed by atoms with Crippen molar-refractivity contribution in [3.63, 3.8) is 0 Å². The van der Waals surface area contributed by atoms with Crippen molar-refractivity contribution < 1.29 is 0 Å². The SMILES string of the molecule is CC(C)C[C@H](N)Cc1ccsc1. The Morgan fingerprint density at radius 1 is 1.50 bits per heavy atom. The molecule has 0 radical (unpaired) electrons. The van der Waals surface area contributed by atoms with E-state index < -0.39 is 0 Å². The fourth-order valence-electron chi connectivity index (χ4n) is 1.40. The molecule has 1 nitrogen and oxygen atoms in total. The minimum Gasteiger partial charge on any atom is -0.327 e. The number of nitrogens with two attached hydrogens (primary N) is 1. The van der Waals surface area contributed by atoms with Crippen LogP contribution in [0.25, 0.3) is 0 Å². The zero-order valence-electron chi connectivity index (χ0n) is 7.79. The van der Waals surface area contributed by atoms with Crippen LogP contribution in [0.3, 0.4) is 0 Å². The second kappa shape index (κ2) is 4.63. The molecule has 1 atom stereocenters. The molecule has 68 valence electrons. The molecule has 1 heterocycles. The molecule has 1 aromatic heterocycles. The third-order valence-corrected chi connectivity index (χ3v) is 2.58. The summed E-state index contributed by atoms with van der Waals surface area (Å²) in [6, 6.07) is 2.49. The molecule has 0 unspecified atom stereocenters. The van der Waals surface area contributed by atoms with Crippen LogP contribution in [0.2, 0.25) is 0 Å². The predicted molar refractivity (Wildman–Crippen MR) is 55.5 cm³/mol. The van der Waals surface area contributed by atoms with E-state index in [9.17, 15) is 0 Å². The standard InChI is InChI=1S/C10H17NS/c1-8(2)5-10(11)6-9-3-4-12-7-9/h3-4,7-8,10H,5-6,11H2,1-2H3/t10-/m0/s1. The Morgan fingerprint density at radius 2 is 2.25 bits per heavy atom. The zero-order valence-corrected chi connectivity index (χ0v) is 8.60. The van der Waals surface area contributed by atoms with Crippen molar-refractivity contribution in [3.8, 4) is 0 Å². The molecule has 0 fully saturated rings. The molecule has 0 saturated heterocycles. The van der Waals surface area contributed by atoms with Crippen LogP contribution in [-0.2, 0) is 6.42 Å². The summed E-state index contributed by atoms with van der Waals surface area (Å²) >= 11 is 1.74. The van der Waals surface area contributed by atoms with Gasteiger partial charge in [0.2, 0.25) is 0 Å². The average Bonchev–Trinajstić information content (AvgIpc) is 2.37. The summed E-state index contributed by atoms with van der Waals surface area (Å²) in [6.07, 6.45) is 2.15. The first kappa shape index (κ1) is 9.75. The van der Waals surface area contributed by atoms with Gasteiger partial charge in [-0.05, 0) is 41.1 Å². The fourth-order valence-corrected chi connectivity index (χ4v) is 2.08. The normalized spacial score (nSPS) is 13.7. The second-order valence-corrected chi connectivity index (χ2v) is 4.51. The molecule has 0 bridgehead atoms. The molecular formula is C10H17NS. The van der Waals surface area contributed by atoms with Crippen molar-refractivity contribution in [2.45, 2.75) is 32.7 Å². The number of thiophene rings is 1. The molecule has 2 N–H and O–H groups in total. The molecule has 0 saturated carbocycles. The van der Waals surface area contributed by atoms with Gasteiger partial charge in [0.15, 0.2) is 0 Å². The molecule has 1 aromatic rings. The third kappa shape index (κ3) is 3.37. The smallest absolute Gasteiger partial charge is 0.00820 e. The van der Waals surface area contributed by atoms with Gasteiger partial charge in [-0.2, -0.15) is 11.3 Å². The van der Waals surface area contributed by atoms with E-state index in [2.05, 4.69) is 30.7 Å². The van der Waals surface area contributed by atoms with Crippen LogP contribution < -0.4 is 5.73 Å². The summed E-state index contributed by atoms with van der Waals surface area (Å²) in [4.78, 5) is 0. The highest BCUT2D eigenvalue weighted by Gasteiger charge is 2.06. The van der Waals surface area contributed by atoms with Gasteiger partial charge >= 0.3 is 0 Å². The van der Waals surface area contributed by atoms with Crippen LogP contribution in [-0.4, -0.2) is 6.04 Å². The highest BCUT2D eigenvalue weighted by Crippen LogP contribution is 2.11. The lowest BCUT2D eigenvalue weighted by Crippen LogP contribution is -2.24. The van der Waals surface area contributed by atoms with Crippen molar-refractivity contribution in [2.75, 3.05) is 0 Å². The molecule has 2 heteroatoms. The quantitative estimate of drug-likeness (QED) is 0.763. The fraction of sp³-hybridized carbons (Fsp3) is 0.600. The van der Waals surface area contributed by atoms with Gasteiger partial charge in [-0.15, -0.1) is 0 Å². The highest BCUT2D eigenvalue weighted by molar-refractivity contribution is 7.07. The van der Waals surface area contributed by atoms with E-state index in [1.165, 1.54) is 5.56 Å². The van der Waals surface area contributed by atoms with E-state index in [1.807, 2.05) is 0 Å². The molecule has 0 aliphatic rings. The summed E-state index contributed by atoms with van der Waals surface area (Å²) in [5, 5.41) is 4.29. The zero-order chi connectivity index (χ0) is 8.97. The average molecular weight is 183 g/mol. The maximum atomic E-state index is 5.97. The monoisotopic (exact) mass is 183 g/mol. The summed E-state index contributed by atoms with van der Waals surface area (Å²) in [7, 11) is 0. The lowest BCUT2D eigenvalue weighted by molar-refractivity contribution is 0.494. The molecule has 0 amide bonds. The molecule has 12 heavy (non-hydrogen) atoms. The first-order valence-electron chi connectivity index (χ1n) is 4.45. The van der Waals surface area contributed by atoms with Crippen LogP contribution in [0.4, 0.5) is 0 Å². The molecule has 1 rings (SSSR count). The first-order valence-corrected chi connectivity index (χ1v) is 5.39. The van der Waals surface area contributed by atoms with Gasteiger partial charge in [-0.3, -0.25) is 0 Å². The van der Waals surface area contributed by atoms with E-state index in [1.54, 1.807) is 11.3 Å². The molecule has 0 aromatic carbocycles. The third-order valence-electron chi connectivity index (χ3n) is 1.85. The number of hydrogen-bond donors (Lipinski definition) is 1. The van der Waals surface area contributed by atoms with Crippen LogP contribution in [0, 0.1) is 5.92 Å². The van der Waals surface area contributed by atoms with Crippen molar-refractivity contribution in [1.29, 1.82) is 0 Å². The Kier molecular flexibility index (Phi) is 3.76. The highest BCUT2D eigenvalue weighted by atomic mass is 32.1. The number of hydrogen-bond acceptors (Lipinski definition) is 2. The predicted octanol–water partition coefficient (Wildman–Crippen LogP) is 2.66. The van der Waals surface area contributed by atoms with Crippen LogP contribution >= 0.6 is 11.3 Å². The van der Waals surface area contributed by atoms with E-state index in [-0.39, 0.29) is 0 Å². The lowest BCUT2D eigenvalue weighted by atomic mass is 10.00. The summed E-state index contributed by atoms with van der Waals surface area (Å²) in [5.41, 5.74) is 7.35. The van der Waals surface area contributed by atoms with Crippen molar-refractivity contribution in [1.82, 2.24) is 0 Å². The van der Waals surface area contributed by atoms with E-state index >= 15 is 0 Å². The van der Waals surface area contributed by atoms with E-state index in [0.29, 0.717) is 12.0 Å². The van der Waals surface area contributed by atoms with E-state index in [4.69, 9.17) is 5.73 Å². The van der Waals surface area contributed by atoms with E-state index in [0.717, 1.165) is 12.8 Å². The van der Waals surface area contributed by atoms with Crippen molar-refractivity contribution >= 4 is 11.3 Å². The van der Waals surface area contributed by atoms with Crippen LogP contribution in [0.1, 0.15) is 25.8 Å². The molecule has 0 aliphatic heterocycles.